The summed E-state index contributed by atoms with van der Waals surface area (Å²) >= 11 is 7.27. The van der Waals surface area contributed by atoms with Crippen LogP contribution < -0.4 is 0 Å². The lowest BCUT2D eigenvalue weighted by Crippen LogP contribution is -2.35. The van der Waals surface area contributed by atoms with E-state index in [1.54, 1.807) is 42.7 Å². The molecular weight excluding hydrogens is 422 g/mol. The minimum atomic E-state index is -0.512. The molecule has 0 atom stereocenters. The smallest absolute Gasteiger partial charge is 0.283 e. The number of nitrogens with one attached hydrogen (secondary N) is 1. The predicted octanol–water partition coefficient (Wildman–Crippen LogP) is 4.66. The second kappa shape index (κ2) is 7.40. The molecule has 0 aliphatic carbocycles. The second-order valence-electron chi connectivity index (χ2n) is 6.38. The van der Waals surface area contributed by atoms with Crippen molar-refractivity contribution in [2.24, 2.45) is 10.1 Å². The maximum atomic E-state index is 12.6. The van der Waals surface area contributed by atoms with Crippen LogP contribution in [0.1, 0.15) is 11.3 Å². The van der Waals surface area contributed by atoms with Crippen LogP contribution in [-0.2, 0) is 4.79 Å². The Morgan fingerprint density at radius 2 is 2.00 bits per heavy atom. The summed E-state index contributed by atoms with van der Waals surface area (Å²) in [4.78, 5) is 20.7. The number of pyridine rings is 1. The molecule has 0 radical (unpaired) electrons. The molecule has 9 heteroatoms. The van der Waals surface area contributed by atoms with Crippen LogP contribution in [0.25, 0.3) is 17.4 Å². The SMILES string of the molecule is N=C1C(=Cc2ccc(-c3cccc(Cl)c3)o2)C(=O)N=C2SC(c3cccnc3)=NN12. The molecule has 0 spiro atoms. The van der Waals surface area contributed by atoms with Crippen molar-refractivity contribution in [1.82, 2.24) is 9.99 Å². The lowest BCUT2D eigenvalue weighted by atomic mass is 10.1. The fraction of sp³-hybridized carbons (Fsp3) is 0. The van der Waals surface area contributed by atoms with Crippen LogP contribution >= 0.6 is 23.4 Å². The molecule has 1 amide bonds. The summed E-state index contributed by atoms with van der Waals surface area (Å²) in [6.07, 6.45) is 4.84. The van der Waals surface area contributed by atoms with Crippen LogP contribution in [0.4, 0.5) is 0 Å². The average Bonchev–Trinajstić information content (AvgIpc) is 3.39. The van der Waals surface area contributed by atoms with Gasteiger partial charge in [0.25, 0.3) is 5.91 Å². The van der Waals surface area contributed by atoms with E-state index in [0.717, 1.165) is 11.1 Å². The molecule has 1 N–H and O–H groups in total. The summed E-state index contributed by atoms with van der Waals surface area (Å²) in [7, 11) is 0. The third-order valence-electron chi connectivity index (χ3n) is 4.39. The lowest BCUT2D eigenvalue weighted by Gasteiger charge is -2.19. The average molecular weight is 434 g/mol. The zero-order chi connectivity index (χ0) is 20.7. The quantitative estimate of drug-likeness (QED) is 0.606. The van der Waals surface area contributed by atoms with Gasteiger partial charge in [0.1, 0.15) is 16.6 Å². The van der Waals surface area contributed by atoms with Gasteiger partial charge in [-0.3, -0.25) is 15.2 Å². The molecule has 146 valence electrons. The Bertz CT molecular complexity index is 1280. The number of hydrazone groups is 1. The Hall–Kier alpha value is -3.49. The number of rotatable bonds is 3. The summed E-state index contributed by atoms with van der Waals surface area (Å²) in [5.74, 6) is 0.469. The van der Waals surface area contributed by atoms with E-state index in [9.17, 15) is 4.79 Å². The van der Waals surface area contributed by atoms with Crippen LogP contribution in [0, 0.1) is 5.41 Å². The number of furan rings is 1. The molecule has 2 aliphatic rings. The number of carbonyl (C=O) groups is 1. The van der Waals surface area contributed by atoms with Crippen LogP contribution in [0.5, 0.6) is 0 Å². The molecule has 2 aliphatic heterocycles. The van der Waals surface area contributed by atoms with E-state index < -0.39 is 5.91 Å². The Morgan fingerprint density at radius 3 is 2.80 bits per heavy atom. The largest absolute Gasteiger partial charge is 0.457 e. The topological polar surface area (TPSA) is 94.9 Å². The molecule has 0 saturated heterocycles. The first kappa shape index (κ1) is 18.5. The highest BCUT2D eigenvalue weighted by Crippen LogP contribution is 2.31. The van der Waals surface area contributed by atoms with Gasteiger partial charge in [0.15, 0.2) is 5.84 Å². The van der Waals surface area contributed by atoms with E-state index in [2.05, 4.69) is 15.1 Å². The van der Waals surface area contributed by atoms with Crippen molar-refractivity contribution in [2.75, 3.05) is 0 Å². The normalized spacial score (nSPS) is 17.2. The Balaban J connectivity index is 1.45. The summed E-state index contributed by atoms with van der Waals surface area (Å²) in [6, 6.07) is 14.5. The number of amidine groups is 2. The minimum Gasteiger partial charge on any atom is -0.457 e. The van der Waals surface area contributed by atoms with Crippen molar-refractivity contribution in [3.8, 4) is 11.3 Å². The van der Waals surface area contributed by atoms with Gasteiger partial charge < -0.3 is 4.42 Å². The van der Waals surface area contributed by atoms with Gasteiger partial charge in [-0.1, -0.05) is 23.7 Å². The van der Waals surface area contributed by atoms with Gasteiger partial charge in [-0.25, -0.2) is 0 Å². The van der Waals surface area contributed by atoms with Crippen molar-refractivity contribution in [3.05, 3.63) is 82.8 Å². The molecule has 0 bridgehead atoms. The third kappa shape index (κ3) is 3.36. The minimum absolute atomic E-state index is 0.0582. The first-order valence-corrected chi connectivity index (χ1v) is 10.0. The Kier molecular flexibility index (Phi) is 4.57. The van der Waals surface area contributed by atoms with Crippen molar-refractivity contribution in [2.45, 2.75) is 0 Å². The molecule has 0 fully saturated rings. The summed E-state index contributed by atoms with van der Waals surface area (Å²) in [6.45, 7) is 0. The number of halogens is 1. The molecule has 1 aromatic carbocycles. The van der Waals surface area contributed by atoms with Crippen LogP contribution in [0.2, 0.25) is 5.02 Å². The first-order valence-electron chi connectivity index (χ1n) is 8.85. The van der Waals surface area contributed by atoms with Gasteiger partial charge >= 0.3 is 0 Å². The monoisotopic (exact) mass is 433 g/mol. The Morgan fingerprint density at radius 1 is 1.13 bits per heavy atom. The molecule has 5 rings (SSSR count). The van der Waals surface area contributed by atoms with E-state index >= 15 is 0 Å². The molecule has 0 unspecified atom stereocenters. The summed E-state index contributed by atoms with van der Waals surface area (Å²) in [5, 5.41) is 15.8. The van der Waals surface area contributed by atoms with Gasteiger partial charge in [-0.15, -0.1) is 0 Å². The fourth-order valence-corrected chi connectivity index (χ4v) is 4.04. The number of hydrogen-bond donors (Lipinski definition) is 1. The number of nitrogens with zero attached hydrogens (tertiary/aromatic N) is 4. The zero-order valence-electron chi connectivity index (χ0n) is 15.2. The number of hydrogen-bond acceptors (Lipinski definition) is 6. The first-order chi connectivity index (χ1) is 14.6. The van der Waals surface area contributed by atoms with E-state index in [-0.39, 0.29) is 11.4 Å². The number of thioether (sulfide) groups is 1. The highest BCUT2D eigenvalue weighted by atomic mass is 35.5. The highest BCUT2D eigenvalue weighted by Gasteiger charge is 2.36. The third-order valence-corrected chi connectivity index (χ3v) is 5.58. The number of fused-ring (bicyclic) bond motifs is 1. The predicted molar refractivity (Wildman–Crippen MR) is 118 cm³/mol. The molecule has 2 aromatic heterocycles. The van der Waals surface area contributed by atoms with E-state index in [1.165, 1.54) is 22.8 Å². The second-order valence-corrected chi connectivity index (χ2v) is 7.77. The van der Waals surface area contributed by atoms with Crippen molar-refractivity contribution in [3.63, 3.8) is 0 Å². The van der Waals surface area contributed by atoms with Gasteiger partial charge in [-0.2, -0.15) is 15.1 Å². The van der Waals surface area contributed by atoms with Crippen molar-refractivity contribution in [1.29, 1.82) is 5.41 Å². The van der Waals surface area contributed by atoms with E-state index in [1.807, 2.05) is 18.2 Å². The van der Waals surface area contributed by atoms with E-state index in [0.29, 0.717) is 26.8 Å². The maximum absolute atomic E-state index is 12.6. The molecule has 0 saturated carbocycles. The summed E-state index contributed by atoms with van der Waals surface area (Å²) < 4.78 is 5.83. The van der Waals surface area contributed by atoms with Crippen molar-refractivity contribution < 1.29 is 9.21 Å². The van der Waals surface area contributed by atoms with Gasteiger partial charge in [0, 0.05) is 28.5 Å². The maximum Gasteiger partial charge on any atom is 0.283 e. The standard InChI is InChI=1S/C21H12ClN5O2S/c22-14-5-1-3-12(9-14)17-7-6-15(29-17)10-16-18(23)27-21(25-19(16)28)30-20(26-27)13-4-2-8-24-11-13/h1-11,23H. The Labute approximate surface area is 180 Å². The molecule has 30 heavy (non-hydrogen) atoms. The molecule has 7 nitrogen and oxygen atoms in total. The number of carbonyl (C=O) groups excluding carboxylic acids is 1. The highest BCUT2D eigenvalue weighted by molar-refractivity contribution is 8.27. The van der Waals surface area contributed by atoms with Gasteiger partial charge in [0.05, 0.1) is 5.57 Å². The van der Waals surface area contributed by atoms with Crippen molar-refractivity contribution >= 4 is 51.4 Å². The number of aliphatic imine (C=N–C) groups is 1. The number of aromatic nitrogens is 1. The zero-order valence-corrected chi connectivity index (χ0v) is 16.8. The van der Waals surface area contributed by atoms with Crippen LogP contribution in [0.3, 0.4) is 0 Å². The molecule has 4 heterocycles. The van der Waals surface area contributed by atoms with Gasteiger partial charge in [-0.05, 0) is 54.2 Å². The molecular formula is C21H12ClN5O2S. The fourth-order valence-electron chi connectivity index (χ4n) is 2.97. The van der Waals surface area contributed by atoms with Crippen LogP contribution in [-0.4, -0.2) is 31.9 Å². The number of benzene rings is 1. The van der Waals surface area contributed by atoms with Gasteiger partial charge in [0.2, 0.25) is 5.17 Å². The van der Waals surface area contributed by atoms with E-state index in [4.69, 9.17) is 21.4 Å². The van der Waals surface area contributed by atoms with Crippen LogP contribution in [0.15, 0.2) is 81.0 Å². The molecule has 3 aromatic rings. The summed E-state index contributed by atoms with van der Waals surface area (Å²) in [5.41, 5.74) is 1.71. The lowest BCUT2D eigenvalue weighted by molar-refractivity contribution is -0.114. The number of amides is 1.